The van der Waals surface area contributed by atoms with Crippen molar-refractivity contribution in [2.45, 2.75) is 0 Å². The van der Waals surface area contributed by atoms with Gasteiger partial charge in [0.25, 0.3) is 0 Å². The summed E-state index contributed by atoms with van der Waals surface area (Å²) in [4.78, 5) is 25.0. The molecule has 0 aromatic carbocycles. The first-order chi connectivity index (χ1) is 7.02. The zero-order valence-corrected chi connectivity index (χ0v) is 9.24. The molecule has 2 N–H and O–H groups in total. The van der Waals surface area contributed by atoms with Crippen molar-refractivity contribution in [2.75, 3.05) is 12.4 Å². The van der Waals surface area contributed by atoms with E-state index in [9.17, 15) is 9.59 Å². The van der Waals surface area contributed by atoms with Crippen LogP contribution in [0.1, 0.15) is 0 Å². The average Bonchev–Trinajstić information content (AvgIpc) is 2.16. The summed E-state index contributed by atoms with van der Waals surface area (Å²) < 4.78 is 5.27. The number of aromatic nitrogens is 1. The molecule has 0 aliphatic carbocycles. The highest BCUT2D eigenvalue weighted by Crippen LogP contribution is 2.20. The number of aliphatic carboxylic acids is 1. The number of ether oxygens (including phenoxy) is 1. The molecule has 0 aliphatic rings. The maximum Gasteiger partial charge on any atom is 0.394 e. The van der Waals surface area contributed by atoms with Crippen LogP contribution in [0.2, 0.25) is 0 Å². The van der Waals surface area contributed by atoms with E-state index in [2.05, 4.69) is 26.2 Å². The van der Waals surface area contributed by atoms with Gasteiger partial charge >= 0.3 is 11.9 Å². The van der Waals surface area contributed by atoms with Crippen molar-refractivity contribution in [1.29, 1.82) is 0 Å². The van der Waals surface area contributed by atoms with Crippen molar-refractivity contribution in [1.82, 2.24) is 4.98 Å². The third-order valence-corrected chi connectivity index (χ3v) is 1.84. The third kappa shape index (κ3) is 3.21. The van der Waals surface area contributed by atoms with Gasteiger partial charge in [-0.15, -0.1) is 0 Å². The Bertz CT molecular complexity index is 408. The van der Waals surface area contributed by atoms with Crippen LogP contribution < -0.4 is 10.1 Å². The molecule has 0 saturated carbocycles. The summed E-state index contributed by atoms with van der Waals surface area (Å²) in [6.45, 7) is 0. The fraction of sp³-hybridized carbons (Fsp3) is 0.125. The summed E-state index contributed by atoms with van der Waals surface area (Å²) in [7, 11) is 1.41. The zero-order chi connectivity index (χ0) is 11.4. The molecule has 0 bridgehead atoms. The van der Waals surface area contributed by atoms with Crippen LogP contribution in [0, 0.1) is 0 Å². The first kappa shape index (κ1) is 11.4. The molecule has 0 fully saturated rings. The first-order valence-corrected chi connectivity index (χ1v) is 4.58. The fourth-order valence-corrected chi connectivity index (χ4v) is 1.26. The van der Waals surface area contributed by atoms with E-state index in [1.807, 2.05) is 0 Å². The Morgan fingerprint density at radius 3 is 2.73 bits per heavy atom. The number of nitrogens with zero attached hydrogens (tertiary/aromatic N) is 1. The van der Waals surface area contributed by atoms with E-state index >= 15 is 0 Å². The van der Waals surface area contributed by atoms with Gasteiger partial charge in [0.15, 0.2) is 0 Å². The van der Waals surface area contributed by atoms with Gasteiger partial charge in [0.1, 0.15) is 4.60 Å². The third-order valence-electron chi connectivity index (χ3n) is 1.43. The standard InChI is InChI=1S/C8H7BrN2O4/c1-15-6-3-4(2-5(9)11-6)10-7(12)8(13)14/h2-3H,1H3,(H,13,14)(H,10,11,12). The number of rotatable bonds is 2. The van der Waals surface area contributed by atoms with Crippen molar-refractivity contribution in [3.05, 3.63) is 16.7 Å². The van der Waals surface area contributed by atoms with E-state index in [0.29, 0.717) is 10.3 Å². The Kier molecular flexibility index (Phi) is 3.62. The molecule has 15 heavy (non-hydrogen) atoms. The van der Waals surface area contributed by atoms with Crippen molar-refractivity contribution in [2.24, 2.45) is 0 Å². The molecule has 6 nitrogen and oxygen atoms in total. The highest BCUT2D eigenvalue weighted by atomic mass is 79.9. The first-order valence-electron chi connectivity index (χ1n) is 3.79. The largest absolute Gasteiger partial charge is 0.481 e. The van der Waals surface area contributed by atoms with Gasteiger partial charge in [-0.3, -0.25) is 4.79 Å². The van der Waals surface area contributed by atoms with E-state index < -0.39 is 11.9 Å². The van der Waals surface area contributed by atoms with Gasteiger partial charge in [0.2, 0.25) is 5.88 Å². The van der Waals surface area contributed by atoms with Gasteiger partial charge < -0.3 is 15.2 Å². The zero-order valence-electron chi connectivity index (χ0n) is 7.65. The van der Waals surface area contributed by atoms with E-state index in [1.54, 1.807) is 0 Å². The summed E-state index contributed by atoms with van der Waals surface area (Å²) in [5.74, 6) is -2.40. The molecule has 1 rings (SSSR count). The Labute approximate surface area is 93.4 Å². The molecular weight excluding hydrogens is 268 g/mol. The minimum atomic E-state index is -1.55. The molecule has 0 unspecified atom stereocenters. The van der Waals surface area contributed by atoms with Crippen molar-refractivity contribution >= 4 is 33.5 Å². The highest BCUT2D eigenvalue weighted by molar-refractivity contribution is 9.10. The summed E-state index contributed by atoms with van der Waals surface area (Å²) in [5, 5.41) is 10.5. The van der Waals surface area contributed by atoms with Crippen molar-refractivity contribution < 1.29 is 19.4 Å². The molecule has 1 aromatic heterocycles. The number of anilines is 1. The predicted molar refractivity (Wildman–Crippen MR) is 54.8 cm³/mol. The molecule has 0 spiro atoms. The smallest absolute Gasteiger partial charge is 0.394 e. The fourth-order valence-electron chi connectivity index (χ4n) is 0.834. The summed E-state index contributed by atoms with van der Waals surface area (Å²) >= 11 is 3.09. The van der Waals surface area contributed by atoms with Crippen molar-refractivity contribution in [3.8, 4) is 5.88 Å². The number of hydrogen-bond acceptors (Lipinski definition) is 4. The van der Waals surface area contributed by atoms with Crippen LogP contribution >= 0.6 is 15.9 Å². The Hall–Kier alpha value is -1.63. The van der Waals surface area contributed by atoms with Crippen LogP contribution in [0.4, 0.5) is 5.69 Å². The van der Waals surface area contributed by atoms with E-state index in [4.69, 9.17) is 9.84 Å². The molecule has 0 saturated heterocycles. The van der Waals surface area contributed by atoms with Crippen LogP contribution in [0.3, 0.4) is 0 Å². The van der Waals surface area contributed by atoms with Gasteiger partial charge in [-0.1, -0.05) is 0 Å². The number of nitrogens with one attached hydrogen (secondary N) is 1. The van der Waals surface area contributed by atoms with Crippen molar-refractivity contribution in [3.63, 3.8) is 0 Å². The molecule has 0 radical (unpaired) electrons. The predicted octanol–water partition coefficient (Wildman–Crippen LogP) is 0.876. The summed E-state index contributed by atoms with van der Waals surface area (Å²) in [5.41, 5.74) is 0.293. The lowest BCUT2D eigenvalue weighted by molar-refractivity contribution is -0.147. The van der Waals surface area contributed by atoms with Crippen LogP contribution in [-0.2, 0) is 9.59 Å². The maximum absolute atomic E-state index is 10.8. The lowest BCUT2D eigenvalue weighted by Crippen LogP contribution is -2.21. The quantitative estimate of drug-likeness (QED) is 0.617. The number of methoxy groups -OCH3 is 1. The Morgan fingerprint density at radius 1 is 1.53 bits per heavy atom. The lowest BCUT2D eigenvalue weighted by Gasteiger charge is -2.04. The highest BCUT2D eigenvalue weighted by Gasteiger charge is 2.12. The number of carbonyl (C=O) groups is 2. The molecule has 7 heteroatoms. The Morgan fingerprint density at radius 2 is 2.20 bits per heavy atom. The molecule has 0 aliphatic heterocycles. The normalized spacial score (nSPS) is 9.47. The van der Waals surface area contributed by atoms with E-state index in [-0.39, 0.29) is 5.88 Å². The van der Waals surface area contributed by atoms with Gasteiger partial charge in [-0.05, 0) is 22.0 Å². The number of carboxylic acids is 1. The van der Waals surface area contributed by atoms with Crippen LogP contribution in [0.15, 0.2) is 16.7 Å². The lowest BCUT2D eigenvalue weighted by atomic mass is 10.4. The minimum Gasteiger partial charge on any atom is -0.481 e. The molecule has 1 heterocycles. The van der Waals surface area contributed by atoms with Gasteiger partial charge in [0, 0.05) is 11.8 Å². The number of carbonyl (C=O) groups excluding carboxylic acids is 1. The molecular formula is C8H7BrN2O4. The van der Waals surface area contributed by atoms with Crippen LogP contribution in [-0.4, -0.2) is 29.1 Å². The van der Waals surface area contributed by atoms with Crippen LogP contribution in [0.25, 0.3) is 0 Å². The summed E-state index contributed by atoms with van der Waals surface area (Å²) in [6.07, 6.45) is 0. The molecule has 1 aromatic rings. The number of amides is 1. The molecule has 0 atom stereocenters. The Balaban J connectivity index is 2.90. The van der Waals surface area contributed by atoms with Crippen LogP contribution in [0.5, 0.6) is 5.88 Å². The number of carboxylic acid groups (broad SMARTS) is 1. The van der Waals surface area contributed by atoms with Gasteiger partial charge in [0.05, 0.1) is 7.11 Å². The minimum absolute atomic E-state index is 0.269. The van der Waals surface area contributed by atoms with Gasteiger partial charge in [-0.25, -0.2) is 9.78 Å². The number of hydrogen-bond donors (Lipinski definition) is 2. The van der Waals surface area contributed by atoms with Gasteiger partial charge in [-0.2, -0.15) is 0 Å². The molecule has 1 amide bonds. The SMILES string of the molecule is COc1cc(NC(=O)C(=O)O)cc(Br)n1. The average molecular weight is 275 g/mol. The molecule has 80 valence electrons. The van der Waals surface area contributed by atoms with E-state index in [1.165, 1.54) is 19.2 Å². The summed E-state index contributed by atoms with van der Waals surface area (Å²) in [6, 6.07) is 2.87. The topological polar surface area (TPSA) is 88.5 Å². The monoisotopic (exact) mass is 274 g/mol. The number of halogens is 1. The second-order valence-electron chi connectivity index (χ2n) is 2.48. The maximum atomic E-state index is 10.8. The number of pyridine rings is 1. The second kappa shape index (κ2) is 4.74. The second-order valence-corrected chi connectivity index (χ2v) is 3.29. The van der Waals surface area contributed by atoms with E-state index in [0.717, 1.165) is 0 Å².